The number of anilines is 1. The zero-order valence-electron chi connectivity index (χ0n) is 9.91. The second kappa shape index (κ2) is 7.30. The summed E-state index contributed by atoms with van der Waals surface area (Å²) in [7, 11) is 0. The van der Waals surface area contributed by atoms with E-state index in [1.807, 2.05) is 33.2 Å². The highest BCUT2D eigenvalue weighted by atomic mass is 15.2. The van der Waals surface area contributed by atoms with Crippen molar-refractivity contribution in [2.24, 2.45) is 0 Å². The molecule has 1 aromatic rings. The molecule has 3 heteroatoms. The quantitative estimate of drug-likeness (QED) is 0.742. The van der Waals surface area contributed by atoms with Crippen LogP contribution in [0.15, 0.2) is 12.4 Å². The van der Waals surface area contributed by atoms with Gasteiger partial charge in [0.15, 0.2) is 0 Å². The van der Waals surface area contributed by atoms with Crippen molar-refractivity contribution in [1.29, 1.82) is 0 Å². The summed E-state index contributed by atoms with van der Waals surface area (Å²) in [5.74, 6) is 0.825. The predicted octanol–water partition coefficient (Wildman–Crippen LogP) is 2.66. The van der Waals surface area contributed by atoms with Crippen LogP contribution in [0.1, 0.15) is 33.3 Å². The van der Waals surface area contributed by atoms with Gasteiger partial charge in [0.2, 0.25) is 5.95 Å². The van der Waals surface area contributed by atoms with Gasteiger partial charge in [0.05, 0.1) is 0 Å². The lowest BCUT2D eigenvalue weighted by Crippen LogP contribution is -2.23. The average molecular weight is 195 g/mol. The van der Waals surface area contributed by atoms with E-state index in [0.29, 0.717) is 0 Å². The third-order valence-corrected chi connectivity index (χ3v) is 1.81. The Bertz CT molecular complexity index is 227. The zero-order chi connectivity index (χ0) is 11.0. The molecule has 80 valence electrons. The molecule has 0 saturated carbocycles. The molecule has 3 nitrogen and oxygen atoms in total. The molecule has 0 aliphatic rings. The molecule has 1 aromatic heterocycles. The topological polar surface area (TPSA) is 29.0 Å². The Morgan fingerprint density at radius 1 is 1.07 bits per heavy atom. The minimum atomic E-state index is 0.825. The number of aryl methyl sites for hydroxylation is 1. The molecular weight excluding hydrogens is 174 g/mol. The number of aromatic nitrogens is 2. The van der Waals surface area contributed by atoms with Crippen molar-refractivity contribution in [2.75, 3.05) is 18.0 Å². The van der Waals surface area contributed by atoms with Gasteiger partial charge in [-0.1, -0.05) is 13.8 Å². The van der Waals surface area contributed by atoms with Crippen LogP contribution in [0.4, 0.5) is 5.95 Å². The highest BCUT2D eigenvalue weighted by Gasteiger charge is 2.02. The van der Waals surface area contributed by atoms with E-state index in [1.54, 1.807) is 0 Å². The first-order valence-electron chi connectivity index (χ1n) is 5.31. The van der Waals surface area contributed by atoms with E-state index in [4.69, 9.17) is 0 Å². The van der Waals surface area contributed by atoms with Gasteiger partial charge >= 0.3 is 0 Å². The van der Waals surface area contributed by atoms with Gasteiger partial charge in [0.1, 0.15) is 0 Å². The van der Waals surface area contributed by atoms with Crippen molar-refractivity contribution < 1.29 is 0 Å². The largest absolute Gasteiger partial charge is 0.341 e. The van der Waals surface area contributed by atoms with Gasteiger partial charge < -0.3 is 4.90 Å². The minimum Gasteiger partial charge on any atom is -0.341 e. The van der Waals surface area contributed by atoms with E-state index in [0.717, 1.165) is 24.6 Å². The van der Waals surface area contributed by atoms with Crippen molar-refractivity contribution in [3.63, 3.8) is 0 Å². The van der Waals surface area contributed by atoms with Gasteiger partial charge in [-0.05, 0) is 26.3 Å². The Kier molecular flexibility index (Phi) is 6.72. The summed E-state index contributed by atoms with van der Waals surface area (Å²) in [5, 5.41) is 0. The van der Waals surface area contributed by atoms with E-state index in [1.165, 1.54) is 0 Å². The van der Waals surface area contributed by atoms with E-state index in [2.05, 4.69) is 28.7 Å². The van der Waals surface area contributed by atoms with Crippen LogP contribution >= 0.6 is 0 Å². The highest BCUT2D eigenvalue weighted by Crippen LogP contribution is 2.04. The first-order valence-corrected chi connectivity index (χ1v) is 5.31. The zero-order valence-corrected chi connectivity index (χ0v) is 9.91. The predicted molar refractivity (Wildman–Crippen MR) is 61.7 cm³/mol. The standard InChI is InChI=1S/C9H15N3.C2H6/c1-4-12(5-2)9-10-6-8(3)7-11-9;1-2/h6-7H,4-5H2,1-3H3;1-2H3. The Morgan fingerprint density at radius 2 is 1.50 bits per heavy atom. The summed E-state index contributed by atoms with van der Waals surface area (Å²) in [4.78, 5) is 10.6. The van der Waals surface area contributed by atoms with Crippen LogP contribution in [0.5, 0.6) is 0 Å². The molecule has 0 amide bonds. The fraction of sp³-hybridized carbons (Fsp3) is 0.636. The Balaban J connectivity index is 0.000000791. The highest BCUT2D eigenvalue weighted by molar-refractivity contribution is 5.28. The molecule has 0 spiro atoms. The van der Waals surface area contributed by atoms with E-state index < -0.39 is 0 Å². The normalized spacial score (nSPS) is 8.93. The number of hydrogen-bond acceptors (Lipinski definition) is 3. The third kappa shape index (κ3) is 3.73. The van der Waals surface area contributed by atoms with Crippen molar-refractivity contribution in [3.05, 3.63) is 18.0 Å². The lowest BCUT2D eigenvalue weighted by atomic mass is 10.4. The average Bonchev–Trinajstić information content (AvgIpc) is 2.25. The van der Waals surface area contributed by atoms with Crippen molar-refractivity contribution in [3.8, 4) is 0 Å². The fourth-order valence-electron chi connectivity index (χ4n) is 1.06. The van der Waals surface area contributed by atoms with Crippen molar-refractivity contribution >= 4 is 5.95 Å². The molecule has 1 rings (SSSR count). The Morgan fingerprint density at radius 3 is 1.86 bits per heavy atom. The molecule has 1 heterocycles. The maximum atomic E-state index is 4.24. The number of nitrogens with zero attached hydrogens (tertiary/aromatic N) is 3. The first kappa shape index (κ1) is 12.9. The smallest absolute Gasteiger partial charge is 0.225 e. The Labute approximate surface area is 87.2 Å². The second-order valence-electron chi connectivity index (χ2n) is 2.73. The van der Waals surface area contributed by atoms with Crippen LogP contribution < -0.4 is 4.90 Å². The number of rotatable bonds is 3. The molecule has 0 aromatic carbocycles. The molecule has 14 heavy (non-hydrogen) atoms. The molecule has 0 aliphatic carbocycles. The van der Waals surface area contributed by atoms with Crippen LogP contribution in [-0.4, -0.2) is 23.1 Å². The van der Waals surface area contributed by atoms with Gasteiger partial charge in [0.25, 0.3) is 0 Å². The lowest BCUT2D eigenvalue weighted by Gasteiger charge is -2.17. The molecule has 0 fully saturated rings. The van der Waals surface area contributed by atoms with E-state index in [9.17, 15) is 0 Å². The molecular formula is C11H21N3. The summed E-state index contributed by atoms with van der Waals surface area (Å²) in [5.41, 5.74) is 1.10. The van der Waals surface area contributed by atoms with Crippen LogP contribution in [0, 0.1) is 6.92 Å². The third-order valence-electron chi connectivity index (χ3n) is 1.81. The van der Waals surface area contributed by atoms with Gasteiger partial charge in [-0.15, -0.1) is 0 Å². The van der Waals surface area contributed by atoms with E-state index in [-0.39, 0.29) is 0 Å². The van der Waals surface area contributed by atoms with E-state index >= 15 is 0 Å². The molecule has 0 atom stereocenters. The fourth-order valence-corrected chi connectivity index (χ4v) is 1.06. The number of hydrogen-bond donors (Lipinski definition) is 0. The SMILES string of the molecule is CC.CCN(CC)c1ncc(C)cn1. The molecule has 0 bridgehead atoms. The van der Waals surface area contributed by atoms with Crippen molar-refractivity contribution in [2.45, 2.75) is 34.6 Å². The summed E-state index contributed by atoms with van der Waals surface area (Å²) < 4.78 is 0. The summed E-state index contributed by atoms with van der Waals surface area (Å²) in [6.45, 7) is 12.1. The van der Waals surface area contributed by atoms with Gasteiger partial charge in [0, 0.05) is 25.5 Å². The molecule has 0 saturated heterocycles. The molecule has 0 N–H and O–H groups in total. The van der Waals surface area contributed by atoms with Crippen LogP contribution in [-0.2, 0) is 0 Å². The van der Waals surface area contributed by atoms with Crippen molar-refractivity contribution in [1.82, 2.24) is 9.97 Å². The monoisotopic (exact) mass is 195 g/mol. The molecule has 0 unspecified atom stereocenters. The Hall–Kier alpha value is -1.12. The molecule has 0 aliphatic heterocycles. The van der Waals surface area contributed by atoms with Gasteiger partial charge in [-0.25, -0.2) is 9.97 Å². The van der Waals surface area contributed by atoms with Crippen LogP contribution in [0.25, 0.3) is 0 Å². The van der Waals surface area contributed by atoms with Crippen LogP contribution in [0.3, 0.4) is 0 Å². The minimum absolute atomic E-state index is 0.825. The summed E-state index contributed by atoms with van der Waals surface area (Å²) in [6.07, 6.45) is 3.70. The molecule has 0 radical (unpaired) electrons. The van der Waals surface area contributed by atoms with Crippen LogP contribution in [0.2, 0.25) is 0 Å². The van der Waals surface area contributed by atoms with Gasteiger partial charge in [-0.2, -0.15) is 0 Å². The second-order valence-corrected chi connectivity index (χ2v) is 2.73. The lowest BCUT2D eigenvalue weighted by molar-refractivity contribution is 0.819. The van der Waals surface area contributed by atoms with Gasteiger partial charge in [-0.3, -0.25) is 0 Å². The first-order chi connectivity index (χ1) is 6.77. The maximum Gasteiger partial charge on any atom is 0.225 e. The maximum absolute atomic E-state index is 4.24. The summed E-state index contributed by atoms with van der Waals surface area (Å²) >= 11 is 0. The summed E-state index contributed by atoms with van der Waals surface area (Å²) in [6, 6.07) is 0.